The second-order valence-electron chi connectivity index (χ2n) is 5.30. The van der Waals surface area contributed by atoms with Crippen molar-refractivity contribution in [3.63, 3.8) is 0 Å². The van der Waals surface area contributed by atoms with Crippen molar-refractivity contribution in [3.8, 4) is 0 Å². The molecule has 0 aliphatic carbocycles. The number of carbonyl (C=O) groups is 2. The van der Waals surface area contributed by atoms with Crippen LogP contribution in [0.1, 0.15) is 21.5 Å². The van der Waals surface area contributed by atoms with Gasteiger partial charge < -0.3 is 15.4 Å². The number of anilines is 1. The molecule has 126 valence electrons. The van der Waals surface area contributed by atoms with Crippen LogP contribution >= 0.6 is 0 Å². The van der Waals surface area contributed by atoms with Gasteiger partial charge in [0.1, 0.15) is 5.82 Å². The second-order valence-corrected chi connectivity index (χ2v) is 5.30. The van der Waals surface area contributed by atoms with E-state index >= 15 is 0 Å². The number of esters is 1. The van der Waals surface area contributed by atoms with Crippen molar-refractivity contribution in [2.45, 2.75) is 13.5 Å². The Labute approximate surface area is 139 Å². The van der Waals surface area contributed by atoms with E-state index in [-0.39, 0.29) is 23.7 Å². The van der Waals surface area contributed by atoms with Gasteiger partial charge in [-0.1, -0.05) is 29.8 Å². The molecule has 5 nitrogen and oxygen atoms in total. The van der Waals surface area contributed by atoms with E-state index in [0.717, 1.165) is 17.2 Å². The fourth-order valence-electron chi connectivity index (χ4n) is 2.05. The first-order valence-corrected chi connectivity index (χ1v) is 7.43. The van der Waals surface area contributed by atoms with Crippen LogP contribution in [0.3, 0.4) is 0 Å². The summed E-state index contributed by atoms with van der Waals surface area (Å²) in [7, 11) is 1.25. The predicted octanol–water partition coefficient (Wildman–Crippen LogP) is 2.65. The Morgan fingerprint density at radius 3 is 2.50 bits per heavy atom. The van der Waals surface area contributed by atoms with Gasteiger partial charge in [-0.15, -0.1) is 0 Å². The smallest absolute Gasteiger partial charge is 0.337 e. The third-order valence-corrected chi connectivity index (χ3v) is 3.44. The molecule has 2 aromatic rings. The van der Waals surface area contributed by atoms with Crippen molar-refractivity contribution in [1.82, 2.24) is 5.32 Å². The molecule has 2 rings (SSSR count). The molecule has 0 spiro atoms. The van der Waals surface area contributed by atoms with E-state index in [1.165, 1.54) is 19.2 Å². The molecule has 0 saturated heterocycles. The van der Waals surface area contributed by atoms with Crippen LogP contribution in [0, 0.1) is 12.7 Å². The molecule has 0 radical (unpaired) electrons. The third-order valence-electron chi connectivity index (χ3n) is 3.44. The summed E-state index contributed by atoms with van der Waals surface area (Å²) in [6.07, 6.45) is 0. The standard InChI is InChI=1S/C18H19FN2O3/c1-12-3-5-13(6-4-12)10-21-17(22)11-20-16-9-14(18(23)24-2)7-8-15(16)19/h3-9,20H,10-11H2,1-2H3,(H,21,22). The van der Waals surface area contributed by atoms with Gasteiger partial charge in [0.25, 0.3) is 0 Å². The highest BCUT2D eigenvalue weighted by Crippen LogP contribution is 2.16. The number of aryl methyl sites for hydroxylation is 1. The molecule has 2 N–H and O–H groups in total. The van der Waals surface area contributed by atoms with Gasteiger partial charge in [0, 0.05) is 6.54 Å². The predicted molar refractivity (Wildman–Crippen MR) is 89.3 cm³/mol. The molecule has 1 amide bonds. The lowest BCUT2D eigenvalue weighted by Crippen LogP contribution is -2.29. The molecule has 0 aliphatic heterocycles. The van der Waals surface area contributed by atoms with Crippen molar-refractivity contribution in [2.24, 2.45) is 0 Å². The minimum absolute atomic E-state index is 0.0726. The maximum atomic E-state index is 13.7. The molecule has 0 unspecified atom stereocenters. The zero-order chi connectivity index (χ0) is 17.5. The Morgan fingerprint density at radius 1 is 1.12 bits per heavy atom. The van der Waals surface area contributed by atoms with Gasteiger partial charge in [0.05, 0.1) is 24.9 Å². The van der Waals surface area contributed by atoms with Crippen LogP contribution in [0.4, 0.5) is 10.1 Å². The van der Waals surface area contributed by atoms with Gasteiger partial charge >= 0.3 is 5.97 Å². The number of halogens is 1. The Bertz CT molecular complexity index is 730. The first-order valence-electron chi connectivity index (χ1n) is 7.43. The highest BCUT2D eigenvalue weighted by atomic mass is 19.1. The minimum Gasteiger partial charge on any atom is -0.465 e. The average molecular weight is 330 g/mol. The first-order chi connectivity index (χ1) is 11.5. The van der Waals surface area contributed by atoms with Crippen molar-refractivity contribution in [3.05, 3.63) is 65.0 Å². The number of rotatable bonds is 6. The maximum absolute atomic E-state index is 13.7. The number of benzene rings is 2. The van der Waals surface area contributed by atoms with Gasteiger partial charge in [-0.05, 0) is 30.7 Å². The number of ether oxygens (including phenoxy) is 1. The van der Waals surface area contributed by atoms with E-state index in [9.17, 15) is 14.0 Å². The SMILES string of the molecule is COC(=O)c1ccc(F)c(NCC(=O)NCc2ccc(C)cc2)c1. The molecule has 0 aromatic heterocycles. The fourth-order valence-corrected chi connectivity index (χ4v) is 2.05. The van der Waals surface area contributed by atoms with Crippen LogP contribution in [-0.2, 0) is 16.1 Å². The number of methoxy groups -OCH3 is 1. The summed E-state index contributed by atoms with van der Waals surface area (Å²) in [5.74, 6) is -1.39. The summed E-state index contributed by atoms with van der Waals surface area (Å²) in [5, 5.41) is 5.42. The van der Waals surface area contributed by atoms with Crippen LogP contribution in [-0.4, -0.2) is 25.5 Å². The molecule has 0 aliphatic rings. The highest BCUT2D eigenvalue weighted by molar-refractivity contribution is 5.90. The quantitative estimate of drug-likeness (QED) is 0.799. The summed E-state index contributed by atoms with van der Waals surface area (Å²) in [6.45, 7) is 2.28. The topological polar surface area (TPSA) is 67.4 Å². The van der Waals surface area contributed by atoms with Crippen LogP contribution in [0.15, 0.2) is 42.5 Å². The van der Waals surface area contributed by atoms with E-state index in [1.54, 1.807) is 0 Å². The van der Waals surface area contributed by atoms with Crippen molar-refractivity contribution in [2.75, 3.05) is 19.0 Å². The Balaban J connectivity index is 1.89. The Hall–Kier alpha value is -2.89. The largest absolute Gasteiger partial charge is 0.465 e. The fraction of sp³-hybridized carbons (Fsp3) is 0.222. The summed E-state index contributed by atoms with van der Waals surface area (Å²) in [5.41, 5.74) is 2.41. The van der Waals surface area contributed by atoms with Gasteiger partial charge in [0.2, 0.25) is 5.91 Å². The van der Waals surface area contributed by atoms with Gasteiger partial charge in [-0.2, -0.15) is 0 Å². The van der Waals surface area contributed by atoms with E-state index < -0.39 is 11.8 Å². The monoisotopic (exact) mass is 330 g/mol. The normalized spacial score (nSPS) is 10.1. The summed E-state index contributed by atoms with van der Waals surface area (Å²) < 4.78 is 18.3. The van der Waals surface area contributed by atoms with Gasteiger partial charge in [-0.25, -0.2) is 9.18 Å². The Kier molecular flexibility index (Phi) is 5.89. The van der Waals surface area contributed by atoms with Crippen molar-refractivity contribution < 1.29 is 18.7 Å². The van der Waals surface area contributed by atoms with Crippen LogP contribution in [0.25, 0.3) is 0 Å². The molecule has 0 bridgehead atoms. The number of hydrogen-bond donors (Lipinski definition) is 2. The van der Waals surface area contributed by atoms with Crippen LogP contribution in [0.5, 0.6) is 0 Å². The molecule has 0 heterocycles. The molecular weight excluding hydrogens is 311 g/mol. The van der Waals surface area contributed by atoms with Crippen molar-refractivity contribution >= 4 is 17.6 Å². The first kappa shape index (κ1) is 17.5. The zero-order valence-electron chi connectivity index (χ0n) is 13.6. The van der Waals surface area contributed by atoms with Gasteiger partial charge in [0.15, 0.2) is 0 Å². The molecule has 6 heteroatoms. The van der Waals surface area contributed by atoms with Crippen LogP contribution < -0.4 is 10.6 Å². The number of hydrogen-bond acceptors (Lipinski definition) is 4. The molecule has 24 heavy (non-hydrogen) atoms. The Morgan fingerprint density at radius 2 is 1.83 bits per heavy atom. The third kappa shape index (κ3) is 4.81. The maximum Gasteiger partial charge on any atom is 0.337 e. The molecular formula is C18H19FN2O3. The lowest BCUT2D eigenvalue weighted by atomic mass is 10.1. The molecule has 2 aromatic carbocycles. The van der Waals surface area contributed by atoms with E-state index in [0.29, 0.717) is 6.54 Å². The van der Waals surface area contributed by atoms with E-state index in [4.69, 9.17) is 0 Å². The summed E-state index contributed by atoms with van der Waals surface area (Å²) >= 11 is 0. The second kappa shape index (κ2) is 8.10. The summed E-state index contributed by atoms with van der Waals surface area (Å²) in [4.78, 5) is 23.3. The molecule has 0 saturated carbocycles. The lowest BCUT2D eigenvalue weighted by molar-refractivity contribution is -0.119. The number of nitrogens with one attached hydrogen (secondary N) is 2. The lowest BCUT2D eigenvalue weighted by Gasteiger charge is -2.10. The zero-order valence-corrected chi connectivity index (χ0v) is 13.6. The van der Waals surface area contributed by atoms with Crippen LogP contribution in [0.2, 0.25) is 0 Å². The highest BCUT2D eigenvalue weighted by Gasteiger charge is 2.10. The van der Waals surface area contributed by atoms with E-state index in [1.807, 2.05) is 31.2 Å². The molecule has 0 fully saturated rings. The molecule has 0 atom stereocenters. The van der Waals surface area contributed by atoms with Crippen molar-refractivity contribution in [1.29, 1.82) is 0 Å². The van der Waals surface area contributed by atoms with Gasteiger partial charge in [-0.3, -0.25) is 4.79 Å². The minimum atomic E-state index is -0.568. The van der Waals surface area contributed by atoms with E-state index in [2.05, 4.69) is 15.4 Å². The number of carbonyl (C=O) groups excluding carboxylic acids is 2. The number of amides is 1. The summed E-state index contributed by atoms with van der Waals surface area (Å²) in [6, 6.07) is 11.6. The average Bonchev–Trinajstić information content (AvgIpc) is 2.59.